The van der Waals surface area contributed by atoms with Crippen LogP contribution in [-0.4, -0.2) is 23.0 Å². The average molecular weight is 461 g/mol. The van der Waals surface area contributed by atoms with Crippen LogP contribution < -0.4 is 4.72 Å². The van der Waals surface area contributed by atoms with Gasteiger partial charge in [-0.1, -0.05) is 55.2 Å². The number of sulfonamides is 1. The summed E-state index contributed by atoms with van der Waals surface area (Å²) in [5.41, 5.74) is 2.87. The molecule has 2 aromatic heterocycles. The van der Waals surface area contributed by atoms with Gasteiger partial charge in [0.05, 0.1) is 16.5 Å². The molecule has 7 heteroatoms. The van der Waals surface area contributed by atoms with Crippen molar-refractivity contribution in [3.63, 3.8) is 0 Å². The third-order valence-electron chi connectivity index (χ3n) is 6.54. The number of benzene rings is 2. The molecule has 2 heterocycles. The zero-order chi connectivity index (χ0) is 22.8. The molecule has 1 atom stereocenters. The number of aryl methyl sites for hydroxylation is 1. The van der Waals surface area contributed by atoms with E-state index in [2.05, 4.69) is 20.8 Å². The SMILES string of the molecule is Cc1ccc(S(=O)(=O)NC(c2cc3ccccc3n2-c2ncccn2)C2CCCCC2)cc1. The quantitative estimate of drug-likeness (QED) is 0.422. The van der Waals surface area contributed by atoms with E-state index in [1.807, 2.05) is 47.9 Å². The maximum Gasteiger partial charge on any atom is 0.241 e. The lowest BCUT2D eigenvalue weighted by atomic mass is 9.83. The Kier molecular flexibility index (Phi) is 6.00. The van der Waals surface area contributed by atoms with Gasteiger partial charge in [-0.25, -0.2) is 23.1 Å². The number of nitrogens with one attached hydrogen (secondary N) is 1. The molecule has 5 rings (SSSR count). The number of rotatable bonds is 6. The van der Waals surface area contributed by atoms with Crippen LogP contribution >= 0.6 is 0 Å². The number of aromatic nitrogens is 3. The van der Waals surface area contributed by atoms with Crippen molar-refractivity contribution < 1.29 is 8.42 Å². The van der Waals surface area contributed by atoms with Crippen LogP contribution in [0.5, 0.6) is 0 Å². The van der Waals surface area contributed by atoms with Gasteiger partial charge in [-0.05, 0) is 56.0 Å². The molecule has 0 saturated heterocycles. The third kappa shape index (κ3) is 4.43. The number of para-hydroxylation sites is 1. The van der Waals surface area contributed by atoms with Crippen molar-refractivity contribution in [2.45, 2.75) is 50.0 Å². The fourth-order valence-corrected chi connectivity index (χ4v) is 6.13. The van der Waals surface area contributed by atoms with Crippen molar-refractivity contribution in [3.8, 4) is 5.95 Å². The number of fused-ring (bicyclic) bond motifs is 1. The van der Waals surface area contributed by atoms with E-state index in [4.69, 9.17) is 0 Å². The second-order valence-corrected chi connectivity index (χ2v) is 10.5. The lowest BCUT2D eigenvalue weighted by molar-refractivity contribution is 0.288. The first-order valence-corrected chi connectivity index (χ1v) is 13.0. The van der Waals surface area contributed by atoms with E-state index in [1.165, 1.54) is 6.42 Å². The summed E-state index contributed by atoms with van der Waals surface area (Å²) >= 11 is 0. The first-order chi connectivity index (χ1) is 16.0. The van der Waals surface area contributed by atoms with Gasteiger partial charge in [0.2, 0.25) is 16.0 Å². The van der Waals surface area contributed by atoms with Crippen LogP contribution in [0.25, 0.3) is 16.9 Å². The first-order valence-electron chi connectivity index (χ1n) is 11.5. The summed E-state index contributed by atoms with van der Waals surface area (Å²) in [6.07, 6.45) is 8.81. The molecular weight excluding hydrogens is 432 g/mol. The third-order valence-corrected chi connectivity index (χ3v) is 8.00. The van der Waals surface area contributed by atoms with Crippen molar-refractivity contribution in [1.29, 1.82) is 0 Å². The Hall–Kier alpha value is -3.03. The molecule has 0 spiro atoms. The fraction of sp³-hybridized carbons (Fsp3) is 0.308. The highest BCUT2D eigenvalue weighted by Crippen LogP contribution is 2.38. The molecule has 0 aliphatic heterocycles. The van der Waals surface area contributed by atoms with Gasteiger partial charge >= 0.3 is 0 Å². The van der Waals surface area contributed by atoms with Crippen LogP contribution in [0.15, 0.2) is 78.0 Å². The minimum absolute atomic E-state index is 0.200. The molecule has 1 aliphatic rings. The molecule has 0 bridgehead atoms. The first kappa shape index (κ1) is 21.8. The van der Waals surface area contributed by atoms with E-state index in [0.717, 1.165) is 47.8 Å². The Labute approximate surface area is 194 Å². The number of hydrogen-bond acceptors (Lipinski definition) is 4. The molecule has 170 valence electrons. The van der Waals surface area contributed by atoms with E-state index in [9.17, 15) is 8.42 Å². The molecule has 0 radical (unpaired) electrons. The summed E-state index contributed by atoms with van der Waals surface area (Å²) in [5.74, 6) is 0.745. The molecule has 1 fully saturated rings. The average Bonchev–Trinajstić information content (AvgIpc) is 3.23. The van der Waals surface area contributed by atoms with Crippen LogP contribution in [0.1, 0.15) is 49.4 Å². The highest BCUT2D eigenvalue weighted by atomic mass is 32.2. The maximum absolute atomic E-state index is 13.5. The maximum atomic E-state index is 13.5. The van der Waals surface area contributed by atoms with Crippen molar-refractivity contribution in [3.05, 3.63) is 84.3 Å². The lowest BCUT2D eigenvalue weighted by Crippen LogP contribution is -2.35. The monoisotopic (exact) mass is 460 g/mol. The summed E-state index contributed by atoms with van der Waals surface area (Å²) in [4.78, 5) is 9.28. The van der Waals surface area contributed by atoms with Crippen LogP contribution in [0, 0.1) is 12.8 Å². The van der Waals surface area contributed by atoms with Gasteiger partial charge in [0, 0.05) is 23.5 Å². The summed E-state index contributed by atoms with van der Waals surface area (Å²) in [7, 11) is -3.71. The number of nitrogens with zero attached hydrogens (tertiary/aromatic N) is 3. The van der Waals surface area contributed by atoms with Crippen LogP contribution in [0.2, 0.25) is 0 Å². The van der Waals surface area contributed by atoms with E-state index >= 15 is 0 Å². The molecule has 33 heavy (non-hydrogen) atoms. The largest absolute Gasteiger partial charge is 0.281 e. The molecule has 0 amide bonds. The molecule has 6 nitrogen and oxygen atoms in total. The summed E-state index contributed by atoms with van der Waals surface area (Å²) < 4.78 is 32.1. The van der Waals surface area contributed by atoms with Crippen LogP contribution in [0.4, 0.5) is 0 Å². The summed E-state index contributed by atoms with van der Waals surface area (Å²) in [6.45, 7) is 1.95. The second kappa shape index (κ2) is 9.08. The zero-order valence-electron chi connectivity index (χ0n) is 18.7. The Morgan fingerprint density at radius 3 is 2.36 bits per heavy atom. The van der Waals surface area contributed by atoms with Gasteiger partial charge in [-0.15, -0.1) is 0 Å². The van der Waals surface area contributed by atoms with Crippen molar-refractivity contribution in [1.82, 2.24) is 19.3 Å². The van der Waals surface area contributed by atoms with Crippen LogP contribution in [0.3, 0.4) is 0 Å². The Morgan fingerprint density at radius 2 is 1.64 bits per heavy atom. The Morgan fingerprint density at radius 1 is 0.939 bits per heavy atom. The van der Waals surface area contributed by atoms with Gasteiger partial charge < -0.3 is 0 Å². The standard InChI is InChI=1S/C26H28N4O2S/c1-19-12-14-22(15-13-19)33(31,32)29-25(20-8-3-2-4-9-20)24-18-21-10-5-6-11-23(21)30(24)26-27-16-7-17-28-26/h5-7,10-18,20,25,29H,2-4,8-9H2,1H3. The van der Waals surface area contributed by atoms with Crippen molar-refractivity contribution >= 4 is 20.9 Å². The molecule has 4 aromatic rings. The van der Waals surface area contributed by atoms with Crippen molar-refractivity contribution in [2.24, 2.45) is 5.92 Å². The Balaban J connectivity index is 1.65. The van der Waals surface area contributed by atoms with E-state index in [-0.39, 0.29) is 16.9 Å². The molecule has 1 aliphatic carbocycles. The summed E-state index contributed by atoms with van der Waals surface area (Å²) in [5, 5.41) is 1.04. The number of hydrogen-bond donors (Lipinski definition) is 1. The summed E-state index contributed by atoms with van der Waals surface area (Å²) in [6, 6.07) is 18.6. The van der Waals surface area contributed by atoms with Gasteiger partial charge in [-0.3, -0.25) is 4.57 Å². The topological polar surface area (TPSA) is 76.9 Å². The van der Waals surface area contributed by atoms with Gasteiger partial charge in [0.15, 0.2) is 0 Å². The second-order valence-electron chi connectivity index (χ2n) is 8.82. The molecule has 1 unspecified atom stereocenters. The Bertz CT molecular complexity index is 1340. The van der Waals surface area contributed by atoms with Gasteiger partial charge in [0.25, 0.3) is 0 Å². The molecule has 1 saturated carbocycles. The highest BCUT2D eigenvalue weighted by Gasteiger charge is 2.33. The predicted octanol–water partition coefficient (Wildman–Crippen LogP) is 5.33. The normalized spacial score (nSPS) is 16.2. The van der Waals surface area contributed by atoms with Gasteiger partial charge in [-0.2, -0.15) is 0 Å². The minimum Gasteiger partial charge on any atom is -0.281 e. The predicted molar refractivity (Wildman–Crippen MR) is 130 cm³/mol. The van der Waals surface area contributed by atoms with E-state index in [1.54, 1.807) is 30.6 Å². The molecular formula is C26H28N4O2S. The minimum atomic E-state index is -3.71. The van der Waals surface area contributed by atoms with Gasteiger partial charge in [0.1, 0.15) is 0 Å². The molecule has 2 aromatic carbocycles. The smallest absolute Gasteiger partial charge is 0.241 e. The van der Waals surface area contributed by atoms with E-state index in [0.29, 0.717) is 5.95 Å². The van der Waals surface area contributed by atoms with E-state index < -0.39 is 10.0 Å². The zero-order valence-corrected chi connectivity index (χ0v) is 19.5. The highest BCUT2D eigenvalue weighted by molar-refractivity contribution is 7.89. The molecule has 1 N–H and O–H groups in total. The lowest BCUT2D eigenvalue weighted by Gasteiger charge is -2.31. The van der Waals surface area contributed by atoms with Crippen LogP contribution in [-0.2, 0) is 10.0 Å². The fourth-order valence-electron chi connectivity index (χ4n) is 4.85. The van der Waals surface area contributed by atoms with Crippen molar-refractivity contribution in [2.75, 3.05) is 0 Å².